The van der Waals surface area contributed by atoms with Crippen molar-refractivity contribution in [3.8, 4) is 0 Å². The minimum absolute atomic E-state index is 0.0786. The first-order valence-electron chi connectivity index (χ1n) is 9.13. The number of carbonyl (C=O) groups is 1. The Morgan fingerprint density at radius 1 is 1.43 bits per heavy atom. The summed E-state index contributed by atoms with van der Waals surface area (Å²) < 4.78 is 1.97. The predicted molar refractivity (Wildman–Crippen MR) is 93.6 cm³/mol. The Labute approximate surface area is 140 Å². The van der Waals surface area contributed by atoms with E-state index >= 15 is 0 Å². The van der Waals surface area contributed by atoms with E-state index in [0.29, 0.717) is 23.7 Å². The average Bonchev–Trinajstić information content (AvgIpc) is 3.05. The van der Waals surface area contributed by atoms with Gasteiger partial charge >= 0.3 is 0 Å². The summed E-state index contributed by atoms with van der Waals surface area (Å²) in [5, 5.41) is 8.00. The van der Waals surface area contributed by atoms with Crippen molar-refractivity contribution in [3.05, 3.63) is 18.0 Å². The van der Waals surface area contributed by atoms with E-state index in [-0.39, 0.29) is 5.91 Å². The standard InChI is InChI=1S/C18H32N4O/c1-5-15(6-2)21(13-14(3)4)18(23)17-9-11-22(20-17)16-8-7-10-19-12-16/h9,11,14-16,19H,5-8,10,12-13H2,1-4H3. The van der Waals surface area contributed by atoms with E-state index in [1.165, 1.54) is 6.42 Å². The highest BCUT2D eigenvalue weighted by Crippen LogP contribution is 2.18. The van der Waals surface area contributed by atoms with Gasteiger partial charge in [0.15, 0.2) is 0 Å². The van der Waals surface area contributed by atoms with Crippen molar-refractivity contribution in [3.63, 3.8) is 0 Å². The molecule has 0 radical (unpaired) electrons. The Kier molecular flexibility index (Phi) is 6.63. The fourth-order valence-corrected chi connectivity index (χ4v) is 3.38. The number of amides is 1. The zero-order chi connectivity index (χ0) is 16.8. The predicted octanol–water partition coefficient (Wildman–Crippen LogP) is 3.09. The number of nitrogens with one attached hydrogen (secondary N) is 1. The lowest BCUT2D eigenvalue weighted by molar-refractivity contribution is 0.0632. The zero-order valence-electron chi connectivity index (χ0n) is 15.1. The lowest BCUT2D eigenvalue weighted by Gasteiger charge is -2.31. The summed E-state index contributed by atoms with van der Waals surface area (Å²) in [5.74, 6) is 0.541. The van der Waals surface area contributed by atoms with Crippen LogP contribution in [-0.2, 0) is 0 Å². The second-order valence-electron chi connectivity index (χ2n) is 7.00. The number of piperidine rings is 1. The van der Waals surface area contributed by atoms with Crippen LogP contribution in [0.1, 0.15) is 69.9 Å². The highest BCUT2D eigenvalue weighted by Gasteiger charge is 2.26. The molecule has 0 saturated carbocycles. The third kappa shape index (κ3) is 4.56. The first-order chi connectivity index (χ1) is 11.1. The summed E-state index contributed by atoms with van der Waals surface area (Å²) in [6.07, 6.45) is 6.24. The van der Waals surface area contributed by atoms with Gasteiger partial charge in [-0.1, -0.05) is 27.7 Å². The Morgan fingerprint density at radius 3 is 2.74 bits per heavy atom. The summed E-state index contributed by atoms with van der Waals surface area (Å²) in [6, 6.07) is 2.55. The topological polar surface area (TPSA) is 50.2 Å². The fraction of sp³-hybridized carbons (Fsp3) is 0.778. The molecule has 1 aromatic heterocycles. The van der Waals surface area contributed by atoms with Gasteiger partial charge in [0.05, 0.1) is 6.04 Å². The van der Waals surface area contributed by atoms with Gasteiger partial charge in [-0.2, -0.15) is 5.10 Å². The molecule has 5 heteroatoms. The van der Waals surface area contributed by atoms with Crippen LogP contribution in [0.5, 0.6) is 0 Å². The van der Waals surface area contributed by atoms with Crippen LogP contribution in [0.3, 0.4) is 0 Å². The molecule has 2 heterocycles. The van der Waals surface area contributed by atoms with E-state index in [1.54, 1.807) is 0 Å². The Bertz CT molecular complexity index is 487. The molecule has 0 spiro atoms. The van der Waals surface area contributed by atoms with E-state index in [0.717, 1.165) is 38.9 Å². The molecule has 0 aromatic carbocycles. The van der Waals surface area contributed by atoms with Crippen LogP contribution in [-0.4, -0.2) is 46.3 Å². The van der Waals surface area contributed by atoms with E-state index < -0.39 is 0 Å². The van der Waals surface area contributed by atoms with Crippen LogP contribution in [0.4, 0.5) is 0 Å². The molecule has 0 aliphatic carbocycles. The van der Waals surface area contributed by atoms with Gasteiger partial charge in [-0.05, 0) is 44.2 Å². The van der Waals surface area contributed by atoms with Crippen molar-refractivity contribution >= 4 is 5.91 Å². The lowest BCUT2D eigenvalue weighted by Crippen LogP contribution is -2.42. The highest BCUT2D eigenvalue weighted by molar-refractivity contribution is 5.92. The largest absolute Gasteiger partial charge is 0.334 e. The van der Waals surface area contributed by atoms with Crippen LogP contribution in [0.15, 0.2) is 12.3 Å². The monoisotopic (exact) mass is 320 g/mol. The molecular formula is C18H32N4O. The lowest BCUT2D eigenvalue weighted by atomic mass is 10.1. The maximum absolute atomic E-state index is 13.0. The quantitative estimate of drug-likeness (QED) is 0.840. The van der Waals surface area contributed by atoms with E-state index in [9.17, 15) is 4.79 Å². The Morgan fingerprint density at radius 2 is 2.17 bits per heavy atom. The van der Waals surface area contributed by atoms with Crippen molar-refractivity contribution in [1.82, 2.24) is 20.0 Å². The average molecular weight is 320 g/mol. The Balaban J connectivity index is 2.13. The minimum atomic E-state index is 0.0786. The van der Waals surface area contributed by atoms with Crippen molar-refractivity contribution in [2.75, 3.05) is 19.6 Å². The van der Waals surface area contributed by atoms with E-state index in [4.69, 9.17) is 0 Å². The molecule has 130 valence electrons. The summed E-state index contributed by atoms with van der Waals surface area (Å²) in [5.41, 5.74) is 0.586. The summed E-state index contributed by atoms with van der Waals surface area (Å²) in [6.45, 7) is 11.5. The molecule has 23 heavy (non-hydrogen) atoms. The first-order valence-corrected chi connectivity index (χ1v) is 9.13. The van der Waals surface area contributed by atoms with Gasteiger partial charge in [-0.25, -0.2) is 0 Å². The van der Waals surface area contributed by atoms with Gasteiger partial charge in [0.25, 0.3) is 5.91 Å². The third-order valence-corrected chi connectivity index (χ3v) is 4.68. The van der Waals surface area contributed by atoms with Crippen LogP contribution in [0.25, 0.3) is 0 Å². The maximum Gasteiger partial charge on any atom is 0.274 e. The Hall–Kier alpha value is -1.36. The van der Waals surface area contributed by atoms with Gasteiger partial charge in [0.1, 0.15) is 5.69 Å². The number of hydrogen-bond acceptors (Lipinski definition) is 3. The smallest absolute Gasteiger partial charge is 0.274 e. The third-order valence-electron chi connectivity index (χ3n) is 4.68. The van der Waals surface area contributed by atoms with Gasteiger partial charge in [-0.3, -0.25) is 9.48 Å². The number of rotatable bonds is 7. The molecule has 1 atom stereocenters. The molecule has 1 unspecified atom stereocenters. The van der Waals surface area contributed by atoms with Crippen LogP contribution < -0.4 is 5.32 Å². The SMILES string of the molecule is CCC(CC)N(CC(C)C)C(=O)c1ccn(C2CCCNC2)n1. The maximum atomic E-state index is 13.0. The summed E-state index contributed by atoms with van der Waals surface area (Å²) in [7, 11) is 0. The van der Waals surface area contributed by atoms with Gasteiger partial charge in [0.2, 0.25) is 0 Å². The second-order valence-corrected chi connectivity index (χ2v) is 7.00. The molecule has 1 fully saturated rings. The van der Waals surface area contributed by atoms with Crippen LogP contribution >= 0.6 is 0 Å². The molecular weight excluding hydrogens is 288 g/mol. The molecule has 1 aliphatic heterocycles. The number of nitrogens with zero attached hydrogens (tertiary/aromatic N) is 3. The summed E-state index contributed by atoms with van der Waals surface area (Å²) >= 11 is 0. The van der Waals surface area contributed by atoms with Gasteiger partial charge in [0, 0.05) is 25.3 Å². The van der Waals surface area contributed by atoms with Crippen molar-refractivity contribution in [2.45, 2.75) is 65.5 Å². The van der Waals surface area contributed by atoms with Crippen molar-refractivity contribution < 1.29 is 4.79 Å². The molecule has 1 N–H and O–H groups in total. The normalized spacial score (nSPS) is 18.6. The molecule has 1 saturated heterocycles. The van der Waals surface area contributed by atoms with Crippen LogP contribution in [0, 0.1) is 5.92 Å². The molecule has 1 aliphatic rings. The molecule has 2 rings (SSSR count). The molecule has 0 bridgehead atoms. The van der Waals surface area contributed by atoms with Crippen molar-refractivity contribution in [2.24, 2.45) is 5.92 Å². The number of carbonyl (C=O) groups excluding carboxylic acids is 1. The summed E-state index contributed by atoms with van der Waals surface area (Å²) in [4.78, 5) is 15.0. The zero-order valence-corrected chi connectivity index (χ0v) is 15.1. The van der Waals surface area contributed by atoms with E-state index in [2.05, 4.69) is 38.1 Å². The molecule has 1 amide bonds. The van der Waals surface area contributed by atoms with Crippen LogP contribution in [0.2, 0.25) is 0 Å². The van der Waals surface area contributed by atoms with Crippen molar-refractivity contribution in [1.29, 1.82) is 0 Å². The number of aromatic nitrogens is 2. The first kappa shape index (κ1) is 18.0. The highest BCUT2D eigenvalue weighted by atomic mass is 16.2. The second kappa shape index (κ2) is 8.48. The molecule has 5 nitrogen and oxygen atoms in total. The fourth-order valence-electron chi connectivity index (χ4n) is 3.38. The molecule has 1 aromatic rings. The van der Waals surface area contributed by atoms with Gasteiger partial charge < -0.3 is 10.2 Å². The van der Waals surface area contributed by atoms with E-state index in [1.807, 2.05) is 21.8 Å². The number of hydrogen-bond donors (Lipinski definition) is 1. The van der Waals surface area contributed by atoms with Gasteiger partial charge in [-0.15, -0.1) is 0 Å². The minimum Gasteiger partial charge on any atom is -0.334 e.